The van der Waals surface area contributed by atoms with E-state index in [-0.39, 0.29) is 0 Å². The molecular weight excluding hydrogens is 301 g/mol. The Balaban J connectivity index is 2.77. The fourth-order valence-corrected chi connectivity index (χ4v) is 2.13. The predicted octanol–water partition coefficient (Wildman–Crippen LogP) is 3.55. The number of aryl methyl sites for hydroxylation is 1. The molecule has 0 fully saturated rings. The monoisotopic (exact) mass is 313 g/mol. The summed E-state index contributed by atoms with van der Waals surface area (Å²) in [5.74, 6) is 0.959. The average molecular weight is 313 g/mol. The number of rotatable bonds is 2. The number of fused-ring (bicyclic) bond motifs is 1. The largest absolute Gasteiger partial charge is 0.492 e. The third-order valence-corrected chi connectivity index (χ3v) is 3.51. The zero-order valence-corrected chi connectivity index (χ0v) is 10.9. The van der Waals surface area contributed by atoms with Gasteiger partial charge in [-0.2, -0.15) is 0 Å². The van der Waals surface area contributed by atoms with Gasteiger partial charge in [-0.1, -0.05) is 12.1 Å². The van der Waals surface area contributed by atoms with Crippen LogP contribution in [-0.2, 0) is 0 Å². The lowest BCUT2D eigenvalue weighted by atomic mass is 10.2. The zero-order valence-electron chi connectivity index (χ0n) is 8.75. The Hall–Kier alpha value is -0.840. The quantitative estimate of drug-likeness (QED) is 0.791. The van der Waals surface area contributed by atoms with Crippen molar-refractivity contribution in [1.29, 1.82) is 0 Å². The first-order chi connectivity index (χ1) is 7.24. The number of nitrogens with zero attached hydrogens (tertiary/aromatic N) is 1. The van der Waals surface area contributed by atoms with E-state index in [0.29, 0.717) is 6.61 Å². The summed E-state index contributed by atoms with van der Waals surface area (Å²) in [4.78, 5) is 4.53. The first-order valence-electron chi connectivity index (χ1n) is 4.91. The lowest BCUT2D eigenvalue weighted by Gasteiger charge is -2.11. The van der Waals surface area contributed by atoms with Crippen LogP contribution in [0, 0.1) is 10.5 Å². The number of benzene rings is 1. The summed E-state index contributed by atoms with van der Waals surface area (Å²) in [7, 11) is 0. The van der Waals surface area contributed by atoms with Crippen LogP contribution in [0.1, 0.15) is 12.6 Å². The first kappa shape index (κ1) is 10.7. The van der Waals surface area contributed by atoms with Crippen molar-refractivity contribution in [3.05, 3.63) is 33.5 Å². The van der Waals surface area contributed by atoms with Crippen molar-refractivity contribution in [3.63, 3.8) is 0 Å². The summed E-state index contributed by atoms with van der Waals surface area (Å²) < 4.78 is 6.79. The van der Waals surface area contributed by atoms with Gasteiger partial charge in [0.05, 0.1) is 21.4 Å². The molecule has 0 aliphatic heterocycles. The molecule has 0 amide bonds. The van der Waals surface area contributed by atoms with Gasteiger partial charge in [0.25, 0.3) is 0 Å². The van der Waals surface area contributed by atoms with Crippen molar-refractivity contribution in [3.8, 4) is 5.75 Å². The second-order valence-corrected chi connectivity index (χ2v) is 4.37. The summed E-state index contributed by atoms with van der Waals surface area (Å²) in [6, 6.07) is 8.07. The van der Waals surface area contributed by atoms with E-state index >= 15 is 0 Å². The van der Waals surface area contributed by atoms with Gasteiger partial charge < -0.3 is 4.74 Å². The van der Waals surface area contributed by atoms with Gasteiger partial charge in [-0.3, -0.25) is 4.98 Å². The van der Waals surface area contributed by atoms with Crippen LogP contribution >= 0.6 is 22.6 Å². The Morgan fingerprint density at radius 3 is 2.80 bits per heavy atom. The van der Waals surface area contributed by atoms with Gasteiger partial charge in [0.15, 0.2) is 0 Å². The molecular formula is C12H12INO. The molecule has 1 heterocycles. The second kappa shape index (κ2) is 4.35. The molecule has 15 heavy (non-hydrogen) atoms. The van der Waals surface area contributed by atoms with Crippen LogP contribution in [0.25, 0.3) is 10.9 Å². The molecule has 0 aliphatic carbocycles. The second-order valence-electron chi connectivity index (χ2n) is 3.29. The minimum Gasteiger partial charge on any atom is -0.492 e. The van der Waals surface area contributed by atoms with E-state index in [1.165, 1.54) is 0 Å². The number of halogens is 1. The standard InChI is InChI=1S/C12H12INO/c1-3-15-12-9-6-4-5-7-10(9)14-8(2)11(12)13/h4-7H,3H2,1-2H3. The number of hydrogen-bond acceptors (Lipinski definition) is 2. The topological polar surface area (TPSA) is 22.1 Å². The highest BCUT2D eigenvalue weighted by Gasteiger charge is 2.10. The Bertz CT molecular complexity index is 496. The van der Waals surface area contributed by atoms with Crippen molar-refractivity contribution in [2.75, 3.05) is 6.61 Å². The minimum atomic E-state index is 0.684. The Morgan fingerprint density at radius 2 is 2.07 bits per heavy atom. The number of para-hydroxylation sites is 1. The SMILES string of the molecule is CCOc1c(I)c(C)nc2ccccc12. The van der Waals surface area contributed by atoms with Crippen LogP contribution in [0.5, 0.6) is 5.75 Å². The van der Waals surface area contributed by atoms with Crippen molar-refractivity contribution in [1.82, 2.24) is 4.98 Å². The maximum absolute atomic E-state index is 5.68. The van der Waals surface area contributed by atoms with Gasteiger partial charge in [-0.15, -0.1) is 0 Å². The summed E-state index contributed by atoms with van der Waals surface area (Å²) in [5, 5.41) is 1.09. The van der Waals surface area contributed by atoms with Gasteiger partial charge in [-0.25, -0.2) is 0 Å². The van der Waals surface area contributed by atoms with Crippen LogP contribution in [0.2, 0.25) is 0 Å². The highest BCUT2D eigenvalue weighted by Crippen LogP contribution is 2.31. The average Bonchev–Trinajstić information content (AvgIpc) is 2.25. The first-order valence-corrected chi connectivity index (χ1v) is 5.99. The molecule has 0 spiro atoms. The van der Waals surface area contributed by atoms with Crippen molar-refractivity contribution < 1.29 is 4.74 Å². The molecule has 78 valence electrons. The third-order valence-electron chi connectivity index (χ3n) is 2.24. The van der Waals surface area contributed by atoms with E-state index in [4.69, 9.17) is 4.74 Å². The Kier molecular flexibility index (Phi) is 3.09. The fraction of sp³-hybridized carbons (Fsp3) is 0.250. The molecule has 0 radical (unpaired) electrons. The lowest BCUT2D eigenvalue weighted by molar-refractivity contribution is 0.341. The molecule has 2 nitrogen and oxygen atoms in total. The van der Waals surface area contributed by atoms with Crippen molar-refractivity contribution in [2.45, 2.75) is 13.8 Å². The normalized spacial score (nSPS) is 10.6. The summed E-state index contributed by atoms with van der Waals surface area (Å²) in [6.07, 6.45) is 0. The maximum Gasteiger partial charge on any atom is 0.143 e. The molecule has 0 saturated carbocycles. The van der Waals surface area contributed by atoms with E-state index in [1.807, 2.05) is 32.0 Å². The molecule has 0 bridgehead atoms. The van der Waals surface area contributed by atoms with Crippen LogP contribution in [0.15, 0.2) is 24.3 Å². The summed E-state index contributed by atoms with van der Waals surface area (Å²) >= 11 is 2.29. The smallest absolute Gasteiger partial charge is 0.143 e. The van der Waals surface area contributed by atoms with Crippen molar-refractivity contribution >= 4 is 33.5 Å². The molecule has 2 rings (SSSR count). The van der Waals surface area contributed by atoms with Gasteiger partial charge in [0.1, 0.15) is 5.75 Å². The van der Waals surface area contributed by atoms with Gasteiger partial charge in [0.2, 0.25) is 0 Å². The molecule has 0 unspecified atom stereocenters. The van der Waals surface area contributed by atoms with E-state index < -0.39 is 0 Å². The molecule has 0 saturated heterocycles. The number of aromatic nitrogens is 1. The van der Waals surface area contributed by atoms with E-state index in [1.54, 1.807) is 0 Å². The van der Waals surface area contributed by atoms with E-state index in [9.17, 15) is 0 Å². The summed E-state index contributed by atoms with van der Waals surface area (Å²) in [5.41, 5.74) is 2.02. The third kappa shape index (κ3) is 1.93. The van der Waals surface area contributed by atoms with Crippen LogP contribution in [-0.4, -0.2) is 11.6 Å². The van der Waals surface area contributed by atoms with Crippen LogP contribution in [0.3, 0.4) is 0 Å². The Morgan fingerprint density at radius 1 is 1.33 bits per heavy atom. The number of hydrogen-bond donors (Lipinski definition) is 0. The maximum atomic E-state index is 5.68. The molecule has 1 aromatic heterocycles. The molecule has 0 aliphatic rings. The number of pyridine rings is 1. The number of ether oxygens (including phenoxy) is 1. The minimum absolute atomic E-state index is 0.684. The molecule has 0 atom stereocenters. The fourth-order valence-electron chi connectivity index (χ4n) is 1.56. The van der Waals surface area contributed by atoms with Gasteiger partial charge in [0, 0.05) is 5.39 Å². The van der Waals surface area contributed by atoms with Crippen LogP contribution < -0.4 is 4.74 Å². The highest BCUT2D eigenvalue weighted by atomic mass is 127. The van der Waals surface area contributed by atoms with Crippen molar-refractivity contribution in [2.24, 2.45) is 0 Å². The Labute approximate surface area is 103 Å². The molecule has 3 heteroatoms. The van der Waals surface area contributed by atoms with Gasteiger partial charge >= 0.3 is 0 Å². The summed E-state index contributed by atoms with van der Waals surface area (Å²) in [6.45, 7) is 4.70. The van der Waals surface area contributed by atoms with Crippen LogP contribution in [0.4, 0.5) is 0 Å². The van der Waals surface area contributed by atoms with E-state index in [0.717, 1.165) is 25.9 Å². The highest BCUT2D eigenvalue weighted by molar-refractivity contribution is 14.1. The van der Waals surface area contributed by atoms with E-state index in [2.05, 4.69) is 33.6 Å². The van der Waals surface area contributed by atoms with Gasteiger partial charge in [-0.05, 0) is 48.6 Å². The molecule has 1 aromatic carbocycles. The lowest BCUT2D eigenvalue weighted by Crippen LogP contribution is -1.99. The molecule has 2 aromatic rings. The zero-order chi connectivity index (χ0) is 10.8. The predicted molar refractivity (Wildman–Crippen MR) is 70.4 cm³/mol. The molecule has 0 N–H and O–H groups in total.